The number of ether oxygens (including phenoxy) is 1. The lowest BCUT2D eigenvalue weighted by molar-refractivity contribution is 0.00700. The fraction of sp³-hybridized carbons (Fsp3) is 0.550. The molecule has 9 heteroatoms. The summed E-state index contributed by atoms with van der Waals surface area (Å²) >= 11 is 0. The number of amides is 2. The predicted octanol–water partition coefficient (Wildman–Crippen LogP) is 2.34. The molecule has 1 aliphatic rings. The van der Waals surface area contributed by atoms with Crippen molar-refractivity contribution in [1.29, 1.82) is 0 Å². The van der Waals surface area contributed by atoms with Crippen LogP contribution in [0, 0.1) is 0 Å². The monoisotopic (exact) mass is 517 g/mol. The molecule has 2 amide bonds. The summed E-state index contributed by atoms with van der Waals surface area (Å²) in [4.78, 5) is 29.8. The Bertz CT molecular complexity index is 727. The number of halogens is 1. The molecule has 2 rings (SSSR count). The minimum absolute atomic E-state index is 0. The first-order valence-electron chi connectivity index (χ1n) is 9.54. The van der Waals surface area contributed by atoms with Gasteiger partial charge in [-0.3, -0.25) is 9.79 Å². The topological polar surface area (TPSA) is 95.1 Å². The maximum Gasteiger partial charge on any atom is 0.410 e. The van der Waals surface area contributed by atoms with Crippen LogP contribution in [-0.2, 0) is 11.3 Å². The average molecular weight is 517 g/mol. The Kier molecular flexibility index (Phi) is 9.67. The van der Waals surface area contributed by atoms with Crippen LogP contribution in [0.4, 0.5) is 4.79 Å². The molecule has 0 saturated carbocycles. The van der Waals surface area contributed by atoms with Gasteiger partial charge in [-0.1, -0.05) is 12.1 Å². The van der Waals surface area contributed by atoms with E-state index in [1.165, 1.54) is 0 Å². The molecule has 1 aromatic rings. The SMILES string of the molecule is CCNC(=O)c1cccc(CNC(=NC)NC2CN(C(=O)OC(C)(C)C)C2)c1.I. The number of aliphatic imine (C=N–C) groups is 1. The fourth-order valence-electron chi connectivity index (χ4n) is 2.70. The van der Waals surface area contributed by atoms with E-state index < -0.39 is 5.60 Å². The van der Waals surface area contributed by atoms with E-state index in [4.69, 9.17) is 4.74 Å². The van der Waals surface area contributed by atoms with Gasteiger partial charge in [0, 0.05) is 38.8 Å². The molecular formula is C20H32IN5O3. The molecule has 0 unspecified atom stereocenters. The van der Waals surface area contributed by atoms with Crippen molar-refractivity contribution in [1.82, 2.24) is 20.9 Å². The predicted molar refractivity (Wildman–Crippen MR) is 125 cm³/mol. The van der Waals surface area contributed by atoms with Gasteiger partial charge in [0.1, 0.15) is 5.60 Å². The van der Waals surface area contributed by atoms with E-state index in [-0.39, 0.29) is 42.0 Å². The smallest absolute Gasteiger partial charge is 0.410 e. The van der Waals surface area contributed by atoms with E-state index in [1.54, 1.807) is 18.0 Å². The molecule has 3 N–H and O–H groups in total. The highest BCUT2D eigenvalue weighted by molar-refractivity contribution is 14.0. The molecule has 1 aromatic carbocycles. The number of carbonyl (C=O) groups is 2. The van der Waals surface area contributed by atoms with Gasteiger partial charge in [0.05, 0.1) is 6.04 Å². The van der Waals surface area contributed by atoms with Crippen molar-refractivity contribution in [2.45, 2.75) is 45.9 Å². The lowest BCUT2D eigenvalue weighted by Gasteiger charge is -2.40. The third-order valence-corrected chi connectivity index (χ3v) is 4.08. The van der Waals surface area contributed by atoms with Crippen LogP contribution in [0.15, 0.2) is 29.3 Å². The Morgan fingerprint density at radius 3 is 2.52 bits per heavy atom. The maximum absolute atomic E-state index is 12.0. The molecular weight excluding hydrogens is 485 g/mol. The molecule has 1 fully saturated rings. The van der Waals surface area contributed by atoms with Crippen molar-refractivity contribution in [3.05, 3.63) is 35.4 Å². The average Bonchev–Trinajstić information content (AvgIpc) is 2.59. The van der Waals surface area contributed by atoms with E-state index in [1.807, 2.05) is 45.9 Å². The molecule has 0 bridgehead atoms. The highest BCUT2D eigenvalue weighted by Crippen LogP contribution is 2.15. The highest BCUT2D eigenvalue weighted by atomic mass is 127. The Labute approximate surface area is 189 Å². The van der Waals surface area contributed by atoms with Crippen LogP contribution in [0.1, 0.15) is 43.6 Å². The van der Waals surface area contributed by atoms with Gasteiger partial charge in [0.2, 0.25) is 0 Å². The van der Waals surface area contributed by atoms with Gasteiger partial charge in [-0.2, -0.15) is 0 Å². The number of nitrogens with zero attached hydrogens (tertiary/aromatic N) is 2. The third-order valence-electron chi connectivity index (χ3n) is 4.08. The maximum atomic E-state index is 12.0. The summed E-state index contributed by atoms with van der Waals surface area (Å²) < 4.78 is 5.36. The zero-order valence-electron chi connectivity index (χ0n) is 17.7. The lowest BCUT2D eigenvalue weighted by atomic mass is 10.1. The number of likely N-dealkylation sites (tertiary alicyclic amines) is 1. The van der Waals surface area contributed by atoms with Crippen molar-refractivity contribution in [2.24, 2.45) is 4.99 Å². The number of hydrogen-bond acceptors (Lipinski definition) is 4. The third kappa shape index (κ3) is 8.08. The largest absolute Gasteiger partial charge is 0.444 e. The minimum atomic E-state index is -0.490. The van der Waals surface area contributed by atoms with Gasteiger partial charge in [0.25, 0.3) is 5.91 Å². The summed E-state index contributed by atoms with van der Waals surface area (Å²) in [6, 6.07) is 7.60. The summed E-state index contributed by atoms with van der Waals surface area (Å²) in [5.74, 6) is 0.570. The van der Waals surface area contributed by atoms with Crippen molar-refractivity contribution in [2.75, 3.05) is 26.7 Å². The lowest BCUT2D eigenvalue weighted by Crippen LogP contribution is -2.63. The van der Waals surface area contributed by atoms with Crippen molar-refractivity contribution in [3.63, 3.8) is 0 Å². The van der Waals surface area contributed by atoms with Crippen LogP contribution < -0.4 is 16.0 Å². The standard InChI is InChI=1S/C20H31N5O3.HI/c1-6-22-17(26)15-9-7-8-14(10-15)11-23-18(21-5)24-16-12-25(13-16)19(27)28-20(2,3)4;/h7-10,16H,6,11-13H2,1-5H3,(H,22,26)(H2,21,23,24);1H. The summed E-state index contributed by atoms with van der Waals surface area (Å²) in [6.07, 6.45) is -0.296. The number of benzene rings is 1. The van der Waals surface area contributed by atoms with Gasteiger partial charge in [-0.05, 0) is 45.4 Å². The first-order chi connectivity index (χ1) is 13.2. The second-order valence-corrected chi connectivity index (χ2v) is 7.71. The van der Waals surface area contributed by atoms with E-state index in [9.17, 15) is 9.59 Å². The Morgan fingerprint density at radius 1 is 1.24 bits per heavy atom. The number of carbonyl (C=O) groups excluding carboxylic acids is 2. The van der Waals surface area contributed by atoms with Gasteiger partial charge in [-0.15, -0.1) is 24.0 Å². The molecule has 0 atom stereocenters. The van der Waals surface area contributed by atoms with Gasteiger partial charge in [0.15, 0.2) is 5.96 Å². The van der Waals surface area contributed by atoms with Crippen molar-refractivity contribution in [3.8, 4) is 0 Å². The molecule has 1 saturated heterocycles. The van der Waals surface area contributed by atoms with Gasteiger partial charge >= 0.3 is 6.09 Å². The summed E-state index contributed by atoms with van der Waals surface area (Å²) in [6.45, 7) is 9.73. The minimum Gasteiger partial charge on any atom is -0.444 e. The molecule has 0 aliphatic carbocycles. The molecule has 8 nitrogen and oxygen atoms in total. The summed E-state index contributed by atoms with van der Waals surface area (Å²) in [7, 11) is 1.70. The van der Waals surface area contributed by atoms with Crippen molar-refractivity contribution >= 4 is 41.9 Å². The molecule has 0 spiro atoms. The zero-order chi connectivity index (χ0) is 20.7. The molecule has 1 heterocycles. The second kappa shape index (κ2) is 11.2. The normalized spacial score (nSPS) is 14.4. The number of guanidine groups is 1. The zero-order valence-corrected chi connectivity index (χ0v) is 20.1. The van der Waals surface area contributed by atoms with Crippen LogP contribution in [0.3, 0.4) is 0 Å². The first-order valence-corrected chi connectivity index (χ1v) is 9.54. The Balaban J connectivity index is 0.00000420. The van der Waals surface area contributed by atoms with Crippen molar-refractivity contribution < 1.29 is 14.3 Å². The Morgan fingerprint density at radius 2 is 1.93 bits per heavy atom. The molecule has 162 valence electrons. The number of rotatable bonds is 5. The number of nitrogens with one attached hydrogen (secondary N) is 3. The van der Waals surface area contributed by atoms with Crippen LogP contribution in [0.2, 0.25) is 0 Å². The van der Waals surface area contributed by atoms with Gasteiger partial charge < -0.3 is 25.6 Å². The van der Waals surface area contributed by atoms with Crippen LogP contribution in [0.25, 0.3) is 0 Å². The quantitative estimate of drug-likeness (QED) is 0.317. The summed E-state index contributed by atoms with van der Waals surface area (Å²) in [5.41, 5.74) is 1.13. The summed E-state index contributed by atoms with van der Waals surface area (Å²) in [5, 5.41) is 9.32. The van der Waals surface area contributed by atoms with E-state index in [2.05, 4.69) is 20.9 Å². The Hall–Kier alpha value is -2.04. The van der Waals surface area contributed by atoms with Crippen LogP contribution in [0.5, 0.6) is 0 Å². The van der Waals surface area contributed by atoms with E-state index >= 15 is 0 Å². The fourth-order valence-corrected chi connectivity index (χ4v) is 2.70. The van der Waals surface area contributed by atoms with Crippen LogP contribution >= 0.6 is 24.0 Å². The molecule has 1 aliphatic heterocycles. The molecule has 29 heavy (non-hydrogen) atoms. The van der Waals surface area contributed by atoms with E-state index in [0.717, 1.165) is 5.56 Å². The highest BCUT2D eigenvalue weighted by Gasteiger charge is 2.34. The second-order valence-electron chi connectivity index (χ2n) is 7.71. The van der Waals surface area contributed by atoms with Gasteiger partial charge in [-0.25, -0.2) is 4.79 Å². The number of hydrogen-bond donors (Lipinski definition) is 3. The molecule has 0 aromatic heterocycles. The van der Waals surface area contributed by atoms with Crippen LogP contribution in [-0.4, -0.2) is 61.2 Å². The first kappa shape index (κ1) is 25.0. The van der Waals surface area contributed by atoms with E-state index in [0.29, 0.717) is 37.7 Å². The molecule has 0 radical (unpaired) electrons.